The minimum absolute atomic E-state index is 0.141. The van der Waals surface area contributed by atoms with Crippen molar-refractivity contribution in [2.75, 3.05) is 5.75 Å². The van der Waals surface area contributed by atoms with Crippen LogP contribution in [0.3, 0.4) is 0 Å². The molecule has 172 valence electrons. The van der Waals surface area contributed by atoms with Crippen molar-refractivity contribution >= 4 is 32.4 Å². The highest BCUT2D eigenvalue weighted by Gasteiger charge is 2.21. The molecule has 0 aliphatic carbocycles. The van der Waals surface area contributed by atoms with Gasteiger partial charge in [0.2, 0.25) is 0 Å². The van der Waals surface area contributed by atoms with E-state index in [1.165, 1.54) is 0 Å². The minimum atomic E-state index is -4.09. The Morgan fingerprint density at radius 3 is 2.15 bits per heavy atom. The fourth-order valence-corrected chi connectivity index (χ4v) is 6.66. The zero-order valence-corrected chi connectivity index (χ0v) is 19.4. The van der Waals surface area contributed by atoms with Crippen LogP contribution in [0.2, 0.25) is 0 Å². The lowest BCUT2D eigenvalue weighted by atomic mass is 10.2. The molecule has 0 aromatic heterocycles. The van der Waals surface area contributed by atoms with E-state index in [0.29, 0.717) is 11.5 Å². The molecule has 0 radical (unpaired) electrons. The number of nitro groups is 1. The molecule has 0 amide bonds. The Labute approximate surface area is 194 Å². The highest BCUT2D eigenvalue weighted by Crippen LogP contribution is 2.21. The molecule has 0 saturated heterocycles. The van der Waals surface area contributed by atoms with Crippen LogP contribution in [0.4, 0.5) is 5.69 Å². The standard InChI is InChI=1S/C23H22N2O6S2/c1-18(23(26)31-21-10-6-3-7-11-21)16-32(17-19-8-4-2-5-9-19)24-33(29,30)22-14-12-20(13-15-22)25(27)28/h2-15,18H,16-17H2,1H3. The Bertz CT molecular complexity index is 1250. The molecule has 3 aromatic carbocycles. The summed E-state index contributed by atoms with van der Waals surface area (Å²) in [7, 11) is -5.16. The van der Waals surface area contributed by atoms with Crippen LogP contribution in [0.5, 0.6) is 5.75 Å². The summed E-state index contributed by atoms with van der Waals surface area (Å²) in [6.45, 7) is 1.67. The number of ether oxygens (including phenoxy) is 1. The first-order chi connectivity index (χ1) is 15.7. The van der Waals surface area contributed by atoms with Gasteiger partial charge in [0.15, 0.2) is 0 Å². The lowest BCUT2D eigenvalue weighted by Crippen LogP contribution is -2.24. The van der Waals surface area contributed by atoms with E-state index in [1.54, 1.807) is 37.3 Å². The molecule has 0 saturated carbocycles. The topological polar surface area (TPSA) is 116 Å². The van der Waals surface area contributed by atoms with E-state index in [4.69, 9.17) is 4.74 Å². The third kappa shape index (κ3) is 7.06. The summed E-state index contributed by atoms with van der Waals surface area (Å²) in [4.78, 5) is 22.7. The van der Waals surface area contributed by atoms with Crippen LogP contribution in [0, 0.1) is 16.0 Å². The molecule has 2 unspecified atom stereocenters. The summed E-state index contributed by atoms with van der Waals surface area (Å²) >= 11 is 0. The third-order valence-corrected chi connectivity index (χ3v) is 8.58. The van der Waals surface area contributed by atoms with Gasteiger partial charge in [-0.25, -0.2) is 0 Å². The van der Waals surface area contributed by atoms with E-state index in [-0.39, 0.29) is 16.3 Å². The zero-order valence-electron chi connectivity index (χ0n) is 17.7. The van der Waals surface area contributed by atoms with Gasteiger partial charge in [0.05, 0.1) is 15.7 Å². The molecule has 0 N–H and O–H groups in total. The van der Waals surface area contributed by atoms with Crippen LogP contribution in [0.25, 0.3) is 0 Å². The maximum Gasteiger partial charge on any atom is 0.314 e. The average Bonchev–Trinajstić information content (AvgIpc) is 2.80. The van der Waals surface area contributed by atoms with Crippen LogP contribution in [-0.2, 0) is 31.3 Å². The summed E-state index contributed by atoms with van der Waals surface area (Å²) < 4.78 is 35.3. The number of carbonyl (C=O) groups excluding carboxylic acids is 1. The number of esters is 1. The second-order valence-corrected chi connectivity index (χ2v) is 10.8. The van der Waals surface area contributed by atoms with E-state index in [2.05, 4.69) is 3.77 Å². The maximum absolute atomic E-state index is 12.9. The number of non-ortho nitro benzene ring substituents is 1. The molecule has 2 atom stereocenters. The lowest BCUT2D eigenvalue weighted by Gasteiger charge is -2.14. The highest BCUT2D eigenvalue weighted by atomic mass is 32.3. The quantitative estimate of drug-likeness (QED) is 0.190. The van der Waals surface area contributed by atoms with Gasteiger partial charge in [0.1, 0.15) is 5.75 Å². The fourth-order valence-electron chi connectivity index (χ4n) is 2.87. The van der Waals surface area contributed by atoms with Gasteiger partial charge >= 0.3 is 5.97 Å². The number of nitro benzene ring substituents is 1. The molecular weight excluding hydrogens is 464 g/mol. The molecule has 0 aliphatic rings. The number of benzene rings is 3. The lowest BCUT2D eigenvalue weighted by molar-refractivity contribution is -0.384. The molecule has 3 aromatic rings. The van der Waals surface area contributed by atoms with Crippen molar-refractivity contribution < 1.29 is 22.9 Å². The number of hydrogen-bond acceptors (Lipinski definition) is 6. The highest BCUT2D eigenvalue weighted by molar-refractivity contribution is 7.99. The molecule has 8 nitrogen and oxygen atoms in total. The average molecular weight is 487 g/mol. The SMILES string of the molecule is CC(CS(Cc1ccccc1)=NS(=O)(=O)c1ccc([N+](=O)[O-])cc1)C(=O)Oc1ccccc1. The number of hydrogen-bond donors (Lipinski definition) is 0. The van der Waals surface area contributed by atoms with Crippen LogP contribution in [0.1, 0.15) is 12.5 Å². The van der Waals surface area contributed by atoms with E-state index in [1.807, 2.05) is 30.3 Å². The predicted molar refractivity (Wildman–Crippen MR) is 126 cm³/mol. The van der Waals surface area contributed by atoms with E-state index < -0.39 is 37.5 Å². The predicted octanol–water partition coefficient (Wildman–Crippen LogP) is 4.53. The Hall–Kier alpha value is -3.37. The fraction of sp³-hybridized carbons (Fsp3) is 0.174. The molecule has 33 heavy (non-hydrogen) atoms. The summed E-state index contributed by atoms with van der Waals surface area (Å²) in [6.07, 6.45) is 0. The molecule has 0 spiro atoms. The normalized spacial score (nSPS) is 13.2. The van der Waals surface area contributed by atoms with Crippen molar-refractivity contribution in [3.05, 3.63) is 101 Å². The monoisotopic (exact) mass is 486 g/mol. The molecular formula is C23H22N2O6S2. The molecule has 0 fully saturated rings. The summed E-state index contributed by atoms with van der Waals surface area (Å²) in [6, 6.07) is 22.5. The number of rotatable bonds is 9. The molecule has 0 heterocycles. The smallest absolute Gasteiger partial charge is 0.314 e. The number of sulfonamides is 1. The second kappa shape index (κ2) is 11.0. The van der Waals surface area contributed by atoms with Gasteiger partial charge in [0, 0.05) is 23.6 Å². The van der Waals surface area contributed by atoms with Crippen LogP contribution in [0.15, 0.2) is 93.6 Å². The van der Waals surface area contributed by atoms with Gasteiger partial charge in [-0.1, -0.05) is 66.1 Å². The van der Waals surface area contributed by atoms with Crippen molar-refractivity contribution in [1.29, 1.82) is 0 Å². The van der Waals surface area contributed by atoms with Crippen LogP contribution >= 0.6 is 0 Å². The van der Waals surface area contributed by atoms with Crippen molar-refractivity contribution in [1.82, 2.24) is 0 Å². The first kappa shape index (κ1) is 24.3. The molecule has 0 aliphatic heterocycles. The van der Waals surface area contributed by atoms with Crippen LogP contribution in [-0.4, -0.2) is 25.1 Å². The van der Waals surface area contributed by atoms with Crippen molar-refractivity contribution in [3.8, 4) is 5.75 Å². The summed E-state index contributed by atoms with van der Waals surface area (Å²) in [5, 5.41) is 10.8. The van der Waals surface area contributed by atoms with Gasteiger partial charge < -0.3 is 4.74 Å². The molecule has 0 bridgehead atoms. The Morgan fingerprint density at radius 1 is 1.00 bits per heavy atom. The summed E-state index contributed by atoms with van der Waals surface area (Å²) in [5.74, 6) is -0.168. The Kier molecular flexibility index (Phi) is 8.07. The summed E-state index contributed by atoms with van der Waals surface area (Å²) in [5.41, 5.74) is 0.668. The van der Waals surface area contributed by atoms with Gasteiger partial charge in [-0.15, -0.1) is 3.77 Å². The van der Waals surface area contributed by atoms with Gasteiger partial charge in [-0.3, -0.25) is 14.9 Å². The van der Waals surface area contributed by atoms with Crippen molar-refractivity contribution in [2.45, 2.75) is 17.6 Å². The van der Waals surface area contributed by atoms with E-state index in [9.17, 15) is 23.3 Å². The van der Waals surface area contributed by atoms with Crippen LogP contribution < -0.4 is 4.74 Å². The largest absolute Gasteiger partial charge is 0.426 e. The first-order valence-corrected chi connectivity index (χ1v) is 12.9. The zero-order chi connectivity index (χ0) is 23.8. The molecule has 3 rings (SSSR count). The van der Waals surface area contributed by atoms with E-state index >= 15 is 0 Å². The van der Waals surface area contributed by atoms with E-state index in [0.717, 1.165) is 29.8 Å². The third-order valence-electron chi connectivity index (χ3n) is 4.53. The Balaban J connectivity index is 1.85. The van der Waals surface area contributed by atoms with Gasteiger partial charge in [-0.2, -0.15) is 8.42 Å². The first-order valence-electron chi connectivity index (χ1n) is 9.95. The number of para-hydroxylation sites is 1. The maximum atomic E-state index is 12.9. The van der Waals surface area contributed by atoms with Crippen molar-refractivity contribution in [2.24, 2.45) is 9.69 Å². The van der Waals surface area contributed by atoms with Crippen molar-refractivity contribution in [3.63, 3.8) is 0 Å². The van der Waals surface area contributed by atoms with Gasteiger partial charge in [-0.05, 0) is 29.8 Å². The molecule has 10 heteroatoms. The second-order valence-electron chi connectivity index (χ2n) is 7.19. The number of carbonyl (C=O) groups is 1. The minimum Gasteiger partial charge on any atom is -0.426 e. The van der Waals surface area contributed by atoms with Gasteiger partial charge in [0.25, 0.3) is 15.7 Å². The Morgan fingerprint density at radius 2 is 1.58 bits per heavy atom. The number of nitrogens with zero attached hydrogens (tertiary/aromatic N) is 2.